The summed E-state index contributed by atoms with van der Waals surface area (Å²) in [7, 11) is 0. The minimum atomic E-state index is -0.451. The first-order valence-electron chi connectivity index (χ1n) is 10.8. The molecule has 0 saturated carbocycles. The van der Waals surface area contributed by atoms with E-state index in [2.05, 4.69) is 24.0 Å². The monoisotopic (exact) mass is 490 g/mol. The van der Waals surface area contributed by atoms with E-state index < -0.39 is 6.04 Å². The summed E-state index contributed by atoms with van der Waals surface area (Å²) in [6.45, 7) is 2.46. The number of hydrogen-bond donors (Lipinski definition) is 3. The zero-order valence-electron chi connectivity index (χ0n) is 18.5. The normalized spacial score (nSPS) is 11.3. The molecule has 0 aliphatic heterocycles. The zero-order valence-corrected chi connectivity index (χ0v) is 20.2. The Morgan fingerprint density at radius 3 is 2.24 bits per heavy atom. The molecule has 3 N–H and O–H groups in total. The van der Waals surface area contributed by atoms with Gasteiger partial charge in [0.2, 0.25) is 5.91 Å². The molecule has 0 bridgehead atoms. The quantitative estimate of drug-likeness (QED) is 0.333. The number of aryl methyl sites for hydroxylation is 2. The van der Waals surface area contributed by atoms with Gasteiger partial charge in [0.25, 0.3) is 0 Å². The number of carbonyl (C=O) groups excluding carboxylic acids is 1. The summed E-state index contributed by atoms with van der Waals surface area (Å²) in [5, 5.41) is 3.01. The first kappa shape index (κ1) is 26.8. The summed E-state index contributed by atoms with van der Waals surface area (Å²) in [6.07, 6.45) is 3.09. The molecule has 3 aromatic carbocycles. The van der Waals surface area contributed by atoms with Gasteiger partial charge in [-0.1, -0.05) is 55.3 Å². The van der Waals surface area contributed by atoms with Crippen LogP contribution in [-0.2, 0) is 24.2 Å². The number of nitrogens with one attached hydrogen (secondary N) is 1. The minimum absolute atomic E-state index is 0.121. The van der Waals surface area contributed by atoms with Crippen LogP contribution in [-0.4, -0.2) is 11.9 Å². The van der Waals surface area contributed by atoms with E-state index >= 15 is 0 Å². The Balaban J connectivity index is 0.000000405. The standard InChI is InChI=1S/C20H24ClFN2O.C6H5FS/c1-2-4-19(23)20(25)24-13-16-6-3-5-14(11-16)7-8-15-9-10-17(21)18(22)12-15;7-5-1-3-6(8)4-2-5/h3,5-6,9-12,19H,2,4,7-8,13,23H2,1H3,(H,24,25);1-4,8H. The maximum atomic E-state index is 13.5. The molecular weight excluding hydrogens is 462 g/mol. The van der Waals surface area contributed by atoms with E-state index in [0.29, 0.717) is 13.0 Å². The molecule has 0 radical (unpaired) electrons. The van der Waals surface area contributed by atoms with Gasteiger partial charge in [-0.15, -0.1) is 12.6 Å². The molecule has 3 nitrogen and oxygen atoms in total. The fourth-order valence-electron chi connectivity index (χ4n) is 3.08. The number of rotatable bonds is 8. The van der Waals surface area contributed by atoms with Crippen LogP contribution in [0.5, 0.6) is 0 Å². The van der Waals surface area contributed by atoms with Gasteiger partial charge in [-0.25, -0.2) is 8.78 Å². The van der Waals surface area contributed by atoms with E-state index in [1.807, 2.05) is 31.2 Å². The van der Waals surface area contributed by atoms with Crippen LogP contribution in [0, 0.1) is 11.6 Å². The highest BCUT2D eigenvalue weighted by Gasteiger charge is 2.11. The predicted octanol–water partition coefficient (Wildman–Crippen LogP) is 6.12. The predicted molar refractivity (Wildman–Crippen MR) is 134 cm³/mol. The molecule has 0 aliphatic carbocycles. The Labute approximate surface area is 204 Å². The van der Waals surface area contributed by atoms with E-state index in [1.54, 1.807) is 18.2 Å². The van der Waals surface area contributed by atoms with Crippen molar-refractivity contribution in [2.24, 2.45) is 5.73 Å². The van der Waals surface area contributed by atoms with Gasteiger partial charge in [-0.2, -0.15) is 0 Å². The van der Waals surface area contributed by atoms with E-state index in [4.69, 9.17) is 17.3 Å². The fourth-order valence-corrected chi connectivity index (χ4v) is 3.35. The van der Waals surface area contributed by atoms with Gasteiger partial charge in [0.05, 0.1) is 11.1 Å². The molecule has 0 heterocycles. The summed E-state index contributed by atoms with van der Waals surface area (Å²) in [6, 6.07) is 18.4. The molecule has 7 heteroatoms. The van der Waals surface area contributed by atoms with Crippen molar-refractivity contribution in [3.05, 3.63) is 100 Å². The molecule has 3 rings (SSSR count). The van der Waals surface area contributed by atoms with Gasteiger partial charge in [0.15, 0.2) is 0 Å². The minimum Gasteiger partial charge on any atom is -0.351 e. The summed E-state index contributed by atoms with van der Waals surface area (Å²) < 4.78 is 25.5. The number of amides is 1. The number of hydrogen-bond acceptors (Lipinski definition) is 3. The average molecular weight is 491 g/mol. The Morgan fingerprint density at radius 2 is 1.64 bits per heavy atom. The van der Waals surface area contributed by atoms with Crippen molar-refractivity contribution in [1.82, 2.24) is 5.32 Å². The number of halogens is 3. The molecule has 1 atom stereocenters. The highest BCUT2D eigenvalue weighted by Crippen LogP contribution is 2.17. The lowest BCUT2D eigenvalue weighted by Gasteiger charge is -2.12. The summed E-state index contributed by atoms with van der Waals surface area (Å²) in [5.74, 6) is -0.731. The molecule has 176 valence electrons. The molecule has 3 aromatic rings. The van der Waals surface area contributed by atoms with Crippen molar-refractivity contribution >= 4 is 30.1 Å². The van der Waals surface area contributed by atoms with E-state index in [-0.39, 0.29) is 22.6 Å². The second-order valence-corrected chi connectivity index (χ2v) is 8.58. The molecule has 0 spiro atoms. The lowest BCUT2D eigenvalue weighted by atomic mass is 10.0. The van der Waals surface area contributed by atoms with Crippen molar-refractivity contribution < 1.29 is 13.6 Å². The van der Waals surface area contributed by atoms with Crippen molar-refractivity contribution in [2.75, 3.05) is 0 Å². The van der Waals surface area contributed by atoms with Crippen LogP contribution in [0.25, 0.3) is 0 Å². The number of nitrogens with two attached hydrogens (primary N) is 1. The first-order valence-corrected chi connectivity index (χ1v) is 11.6. The smallest absolute Gasteiger partial charge is 0.237 e. The molecule has 0 saturated heterocycles. The van der Waals surface area contributed by atoms with Crippen LogP contribution in [0.2, 0.25) is 5.02 Å². The van der Waals surface area contributed by atoms with Crippen LogP contribution >= 0.6 is 24.2 Å². The molecule has 0 aromatic heterocycles. The third kappa shape index (κ3) is 9.95. The molecular formula is C26H29ClF2N2OS. The molecule has 33 heavy (non-hydrogen) atoms. The molecule has 0 aliphatic rings. The summed E-state index contributed by atoms with van der Waals surface area (Å²) >= 11 is 9.67. The SMILES string of the molecule is CCCC(N)C(=O)NCc1cccc(CCc2ccc(Cl)c(F)c2)c1.Fc1ccc(S)cc1. The van der Waals surface area contributed by atoms with Crippen molar-refractivity contribution in [2.45, 2.75) is 50.1 Å². The Hall–Kier alpha value is -2.41. The Morgan fingerprint density at radius 1 is 1.00 bits per heavy atom. The van der Waals surface area contributed by atoms with Gasteiger partial charge in [0.1, 0.15) is 11.6 Å². The lowest BCUT2D eigenvalue weighted by molar-refractivity contribution is -0.122. The van der Waals surface area contributed by atoms with Crippen LogP contribution in [0.4, 0.5) is 8.78 Å². The van der Waals surface area contributed by atoms with Gasteiger partial charge in [0, 0.05) is 11.4 Å². The number of benzene rings is 3. The van der Waals surface area contributed by atoms with Crippen LogP contribution < -0.4 is 11.1 Å². The highest BCUT2D eigenvalue weighted by atomic mass is 35.5. The third-order valence-corrected chi connectivity index (χ3v) is 5.51. The second-order valence-electron chi connectivity index (χ2n) is 7.66. The van der Waals surface area contributed by atoms with Gasteiger partial charge in [-0.3, -0.25) is 4.79 Å². The Bertz CT molecular complexity index is 1010. The highest BCUT2D eigenvalue weighted by molar-refractivity contribution is 7.80. The number of carbonyl (C=O) groups is 1. The van der Waals surface area contributed by atoms with E-state index in [9.17, 15) is 13.6 Å². The largest absolute Gasteiger partial charge is 0.351 e. The topological polar surface area (TPSA) is 55.1 Å². The zero-order chi connectivity index (χ0) is 24.2. The van der Waals surface area contributed by atoms with Crippen LogP contribution in [0.1, 0.15) is 36.5 Å². The molecule has 1 unspecified atom stereocenters. The summed E-state index contributed by atoms with van der Waals surface area (Å²) in [4.78, 5) is 12.7. The first-order chi connectivity index (χ1) is 15.8. The maximum Gasteiger partial charge on any atom is 0.237 e. The lowest BCUT2D eigenvalue weighted by Crippen LogP contribution is -2.40. The van der Waals surface area contributed by atoms with Crippen LogP contribution in [0.3, 0.4) is 0 Å². The fraction of sp³-hybridized carbons (Fsp3) is 0.269. The second kappa shape index (κ2) is 14.0. The average Bonchev–Trinajstić information content (AvgIpc) is 2.81. The molecule has 1 amide bonds. The maximum absolute atomic E-state index is 13.5. The van der Waals surface area contributed by atoms with Gasteiger partial charge in [-0.05, 0) is 72.4 Å². The van der Waals surface area contributed by atoms with Crippen molar-refractivity contribution in [1.29, 1.82) is 0 Å². The van der Waals surface area contributed by atoms with Crippen molar-refractivity contribution in [3.63, 3.8) is 0 Å². The van der Waals surface area contributed by atoms with Gasteiger partial charge < -0.3 is 11.1 Å². The number of thiol groups is 1. The van der Waals surface area contributed by atoms with Crippen LogP contribution in [0.15, 0.2) is 71.6 Å². The third-order valence-electron chi connectivity index (χ3n) is 4.91. The van der Waals surface area contributed by atoms with Gasteiger partial charge >= 0.3 is 0 Å². The Kier molecular flexibility index (Phi) is 11.4. The summed E-state index contributed by atoms with van der Waals surface area (Å²) in [5.41, 5.74) is 8.88. The van der Waals surface area contributed by atoms with E-state index in [1.165, 1.54) is 18.2 Å². The van der Waals surface area contributed by atoms with Crippen molar-refractivity contribution in [3.8, 4) is 0 Å². The van der Waals surface area contributed by atoms with E-state index in [0.717, 1.165) is 40.8 Å². The molecule has 0 fully saturated rings.